The van der Waals surface area contributed by atoms with Gasteiger partial charge < -0.3 is 4.79 Å². The molecular formula is C13H14N2O2. The van der Waals surface area contributed by atoms with Crippen LogP contribution in [0.25, 0.3) is 5.65 Å². The Kier molecular flexibility index (Phi) is 3.32. The van der Waals surface area contributed by atoms with E-state index in [-0.39, 0.29) is 5.56 Å². The largest absolute Gasteiger partial charge is 0.303 e. The van der Waals surface area contributed by atoms with Crippen molar-refractivity contribution >= 4 is 11.9 Å². The number of nitrogens with zero attached hydrogens (tertiary/aromatic N) is 2. The maximum absolute atomic E-state index is 12.2. The van der Waals surface area contributed by atoms with E-state index in [1.807, 2.05) is 19.1 Å². The molecule has 0 aliphatic rings. The summed E-state index contributed by atoms with van der Waals surface area (Å²) in [5.41, 5.74) is 2.05. The Bertz CT molecular complexity index is 602. The number of carbonyl (C=O) groups excluding carboxylic acids is 1. The zero-order chi connectivity index (χ0) is 12.3. The number of aromatic nitrogens is 2. The molecule has 0 radical (unpaired) electrons. The molecule has 88 valence electrons. The van der Waals surface area contributed by atoms with Gasteiger partial charge in [0.15, 0.2) is 0 Å². The summed E-state index contributed by atoms with van der Waals surface area (Å²) in [6.45, 7) is 1.96. The molecule has 0 atom stereocenters. The molecule has 0 aliphatic carbocycles. The normalized spacial score (nSPS) is 10.6. The topological polar surface area (TPSA) is 51.4 Å². The third kappa shape index (κ3) is 2.11. The molecule has 4 heteroatoms. The highest BCUT2D eigenvalue weighted by atomic mass is 16.1. The number of hydrogen-bond donors (Lipinski definition) is 0. The van der Waals surface area contributed by atoms with Gasteiger partial charge in [-0.25, -0.2) is 4.98 Å². The van der Waals surface area contributed by atoms with Crippen LogP contribution in [0.15, 0.2) is 29.2 Å². The van der Waals surface area contributed by atoms with Crippen molar-refractivity contribution < 1.29 is 4.79 Å². The molecule has 0 saturated heterocycles. The molecule has 2 heterocycles. The summed E-state index contributed by atoms with van der Waals surface area (Å²) in [5, 5.41) is 0. The van der Waals surface area contributed by atoms with Crippen LogP contribution in [0.2, 0.25) is 0 Å². The summed E-state index contributed by atoms with van der Waals surface area (Å²) in [4.78, 5) is 27.1. The Hall–Kier alpha value is -1.97. The first-order chi connectivity index (χ1) is 8.27. The van der Waals surface area contributed by atoms with Gasteiger partial charge >= 0.3 is 0 Å². The lowest BCUT2D eigenvalue weighted by atomic mass is 10.1. The molecule has 2 aromatic heterocycles. The second kappa shape index (κ2) is 4.91. The number of hydrogen-bond acceptors (Lipinski definition) is 3. The van der Waals surface area contributed by atoms with Crippen LogP contribution in [0.3, 0.4) is 0 Å². The lowest BCUT2D eigenvalue weighted by Crippen LogP contribution is -2.22. The predicted molar refractivity (Wildman–Crippen MR) is 65.2 cm³/mol. The van der Waals surface area contributed by atoms with Gasteiger partial charge in [0.1, 0.15) is 11.9 Å². The van der Waals surface area contributed by atoms with E-state index >= 15 is 0 Å². The summed E-state index contributed by atoms with van der Waals surface area (Å²) < 4.78 is 1.53. The van der Waals surface area contributed by atoms with Gasteiger partial charge in [-0.3, -0.25) is 9.20 Å². The van der Waals surface area contributed by atoms with Crippen molar-refractivity contribution in [1.82, 2.24) is 9.38 Å². The minimum absolute atomic E-state index is 0.0608. The van der Waals surface area contributed by atoms with E-state index in [9.17, 15) is 9.59 Å². The van der Waals surface area contributed by atoms with Crippen LogP contribution in [-0.2, 0) is 17.6 Å². The molecule has 0 unspecified atom stereocenters. The molecule has 0 aromatic carbocycles. The molecule has 0 N–H and O–H groups in total. The Labute approximate surface area is 98.9 Å². The number of aldehydes is 1. The minimum Gasteiger partial charge on any atom is -0.303 e. The Morgan fingerprint density at radius 3 is 2.94 bits per heavy atom. The van der Waals surface area contributed by atoms with Crippen LogP contribution >= 0.6 is 0 Å². The van der Waals surface area contributed by atoms with E-state index in [0.717, 1.165) is 12.0 Å². The maximum Gasteiger partial charge on any atom is 0.261 e. The van der Waals surface area contributed by atoms with Crippen molar-refractivity contribution in [1.29, 1.82) is 0 Å². The van der Waals surface area contributed by atoms with Crippen molar-refractivity contribution in [3.63, 3.8) is 0 Å². The fourth-order valence-corrected chi connectivity index (χ4v) is 1.92. The molecule has 2 rings (SSSR count). The summed E-state index contributed by atoms with van der Waals surface area (Å²) in [6.07, 6.45) is 4.07. The number of carbonyl (C=O) groups is 1. The quantitative estimate of drug-likeness (QED) is 0.746. The van der Waals surface area contributed by atoms with Crippen LogP contribution in [0.4, 0.5) is 0 Å². The summed E-state index contributed by atoms with van der Waals surface area (Å²) in [7, 11) is 0. The fourth-order valence-electron chi connectivity index (χ4n) is 1.92. The van der Waals surface area contributed by atoms with Crippen molar-refractivity contribution in [3.8, 4) is 0 Å². The van der Waals surface area contributed by atoms with E-state index in [4.69, 9.17) is 0 Å². The molecule has 0 saturated carbocycles. The lowest BCUT2D eigenvalue weighted by Gasteiger charge is -2.07. The number of pyridine rings is 1. The van der Waals surface area contributed by atoms with Gasteiger partial charge in [-0.1, -0.05) is 13.0 Å². The minimum atomic E-state index is -0.0608. The van der Waals surface area contributed by atoms with E-state index in [2.05, 4.69) is 4.98 Å². The highest BCUT2D eigenvalue weighted by Crippen LogP contribution is 2.07. The number of fused-ring (bicyclic) bond motifs is 1. The van der Waals surface area contributed by atoms with E-state index in [0.29, 0.717) is 30.5 Å². The molecule has 0 aliphatic heterocycles. The van der Waals surface area contributed by atoms with Crippen LogP contribution in [0, 0.1) is 0 Å². The standard InChI is InChI=1S/C13H14N2O2/c1-2-11-10(6-5-9-16)13(17)15-8-4-3-7-12(15)14-11/h3-4,7-9H,2,5-6H2,1H3. The highest BCUT2D eigenvalue weighted by molar-refractivity contribution is 5.50. The Balaban J connectivity index is 2.67. The van der Waals surface area contributed by atoms with Gasteiger partial charge in [-0.2, -0.15) is 0 Å². The van der Waals surface area contributed by atoms with Gasteiger partial charge in [0.2, 0.25) is 0 Å². The second-order valence-electron chi connectivity index (χ2n) is 3.83. The average Bonchev–Trinajstić information content (AvgIpc) is 2.37. The first-order valence-electron chi connectivity index (χ1n) is 5.70. The van der Waals surface area contributed by atoms with E-state index in [1.165, 1.54) is 4.40 Å². The fraction of sp³-hybridized carbons (Fsp3) is 0.308. The Morgan fingerprint density at radius 2 is 2.24 bits per heavy atom. The van der Waals surface area contributed by atoms with Gasteiger partial charge in [0.05, 0.1) is 5.69 Å². The monoisotopic (exact) mass is 230 g/mol. The number of rotatable bonds is 4. The lowest BCUT2D eigenvalue weighted by molar-refractivity contribution is -0.107. The molecule has 4 nitrogen and oxygen atoms in total. The SMILES string of the molecule is CCc1nc2ccccn2c(=O)c1CCC=O. The number of aryl methyl sites for hydroxylation is 1. The van der Waals surface area contributed by atoms with Gasteiger partial charge in [0.25, 0.3) is 5.56 Å². The van der Waals surface area contributed by atoms with Gasteiger partial charge in [0, 0.05) is 18.2 Å². The smallest absolute Gasteiger partial charge is 0.261 e. The van der Waals surface area contributed by atoms with Gasteiger partial charge in [-0.15, -0.1) is 0 Å². The molecule has 17 heavy (non-hydrogen) atoms. The van der Waals surface area contributed by atoms with Crippen LogP contribution in [0.5, 0.6) is 0 Å². The molecule has 0 bridgehead atoms. The third-order valence-corrected chi connectivity index (χ3v) is 2.76. The van der Waals surface area contributed by atoms with Crippen LogP contribution in [-0.4, -0.2) is 15.7 Å². The van der Waals surface area contributed by atoms with E-state index in [1.54, 1.807) is 12.3 Å². The van der Waals surface area contributed by atoms with Crippen molar-refractivity contribution in [2.45, 2.75) is 26.2 Å². The first-order valence-corrected chi connectivity index (χ1v) is 5.70. The predicted octanol–water partition coefficient (Wildman–Crippen LogP) is 1.39. The summed E-state index contributed by atoms with van der Waals surface area (Å²) in [5.74, 6) is 0. The average molecular weight is 230 g/mol. The van der Waals surface area contributed by atoms with Crippen LogP contribution in [0.1, 0.15) is 24.6 Å². The van der Waals surface area contributed by atoms with E-state index < -0.39 is 0 Å². The van der Waals surface area contributed by atoms with Crippen molar-refractivity contribution in [2.75, 3.05) is 0 Å². The van der Waals surface area contributed by atoms with Gasteiger partial charge in [-0.05, 0) is 25.0 Å². The molecule has 0 spiro atoms. The first kappa shape index (κ1) is 11.5. The maximum atomic E-state index is 12.2. The molecule has 2 aromatic rings. The zero-order valence-electron chi connectivity index (χ0n) is 9.72. The Morgan fingerprint density at radius 1 is 1.41 bits per heavy atom. The van der Waals surface area contributed by atoms with Crippen molar-refractivity contribution in [2.24, 2.45) is 0 Å². The van der Waals surface area contributed by atoms with Crippen molar-refractivity contribution in [3.05, 3.63) is 46.0 Å². The summed E-state index contributed by atoms with van der Waals surface area (Å²) in [6, 6.07) is 5.46. The molecule has 0 amide bonds. The second-order valence-corrected chi connectivity index (χ2v) is 3.83. The highest BCUT2D eigenvalue weighted by Gasteiger charge is 2.10. The molecule has 0 fully saturated rings. The molecular weight excluding hydrogens is 216 g/mol. The summed E-state index contributed by atoms with van der Waals surface area (Å²) >= 11 is 0. The zero-order valence-corrected chi connectivity index (χ0v) is 9.72. The third-order valence-electron chi connectivity index (χ3n) is 2.76. The van der Waals surface area contributed by atoms with Crippen LogP contribution < -0.4 is 5.56 Å².